The van der Waals surface area contributed by atoms with E-state index in [1.54, 1.807) is 6.08 Å². The van der Waals surface area contributed by atoms with Crippen LogP contribution in [0.1, 0.15) is 19.4 Å². The second kappa shape index (κ2) is 6.24. The summed E-state index contributed by atoms with van der Waals surface area (Å²) in [5.41, 5.74) is 0.891. The first-order chi connectivity index (χ1) is 9.61. The van der Waals surface area contributed by atoms with Gasteiger partial charge < -0.3 is 9.47 Å². The molecule has 0 heterocycles. The first-order valence-electron chi connectivity index (χ1n) is 6.56. The van der Waals surface area contributed by atoms with Gasteiger partial charge in [0.1, 0.15) is 5.75 Å². The zero-order chi connectivity index (χ0) is 14.5. The molecule has 0 N–H and O–H groups in total. The van der Waals surface area contributed by atoms with Gasteiger partial charge in [-0.05, 0) is 36.8 Å². The molecular weight excluding hydrogens is 252 g/mol. The lowest BCUT2D eigenvalue weighted by atomic mass is 10.0. The maximum absolute atomic E-state index is 11.3. The van der Waals surface area contributed by atoms with E-state index in [-0.39, 0.29) is 12.1 Å². The summed E-state index contributed by atoms with van der Waals surface area (Å²) in [6.45, 7) is 3.95. The third-order valence-corrected chi connectivity index (χ3v) is 2.88. The molecule has 0 aliphatic heterocycles. The van der Waals surface area contributed by atoms with Crippen molar-refractivity contribution >= 4 is 22.8 Å². The summed E-state index contributed by atoms with van der Waals surface area (Å²) >= 11 is 0. The molecule has 104 valence electrons. The Hall–Kier alpha value is -2.29. The fraction of sp³-hybridized carbons (Fsp3) is 0.235. The molecule has 0 saturated carbocycles. The molecule has 0 aliphatic carbocycles. The van der Waals surface area contributed by atoms with E-state index in [2.05, 4.69) is 4.74 Å². The Morgan fingerprint density at radius 2 is 1.90 bits per heavy atom. The van der Waals surface area contributed by atoms with Gasteiger partial charge in [0.15, 0.2) is 0 Å². The summed E-state index contributed by atoms with van der Waals surface area (Å²) in [5, 5.41) is 2.15. The van der Waals surface area contributed by atoms with Crippen LogP contribution in [0.2, 0.25) is 0 Å². The van der Waals surface area contributed by atoms with E-state index in [0.29, 0.717) is 0 Å². The summed E-state index contributed by atoms with van der Waals surface area (Å²) in [6.07, 6.45) is 3.22. The first-order valence-corrected chi connectivity index (χ1v) is 6.56. The molecule has 2 rings (SSSR count). The fourth-order valence-corrected chi connectivity index (χ4v) is 2.02. The Morgan fingerprint density at radius 1 is 1.15 bits per heavy atom. The highest BCUT2D eigenvalue weighted by molar-refractivity contribution is 5.96. The molecule has 0 amide bonds. The van der Waals surface area contributed by atoms with Crippen molar-refractivity contribution in [3.8, 4) is 5.75 Å². The van der Waals surface area contributed by atoms with Crippen LogP contribution < -0.4 is 4.74 Å². The van der Waals surface area contributed by atoms with E-state index < -0.39 is 0 Å². The van der Waals surface area contributed by atoms with Crippen LogP contribution >= 0.6 is 0 Å². The van der Waals surface area contributed by atoms with Crippen LogP contribution in [0.15, 0.2) is 42.5 Å². The number of carbonyl (C=O) groups excluding carboxylic acids is 1. The predicted octanol–water partition coefficient (Wildman–Crippen LogP) is 3.81. The minimum absolute atomic E-state index is 0.0708. The van der Waals surface area contributed by atoms with Gasteiger partial charge in [-0.15, -0.1) is 0 Å². The first kappa shape index (κ1) is 14.1. The number of fused-ring (bicyclic) bond motifs is 1. The summed E-state index contributed by atoms with van der Waals surface area (Å²) in [6, 6.07) is 11.9. The number of rotatable bonds is 4. The van der Waals surface area contributed by atoms with Crippen LogP contribution in [0.3, 0.4) is 0 Å². The minimum atomic E-state index is -0.381. The lowest BCUT2D eigenvalue weighted by Crippen LogP contribution is -2.06. The van der Waals surface area contributed by atoms with Crippen LogP contribution in [-0.4, -0.2) is 19.2 Å². The normalized spacial score (nSPS) is 11.2. The van der Waals surface area contributed by atoms with Crippen molar-refractivity contribution in [2.45, 2.75) is 20.0 Å². The van der Waals surface area contributed by atoms with E-state index in [1.807, 2.05) is 50.2 Å². The predicted molar refractivity (Wildman–Crippen MR) is 80.8 cm³/mol. The molecule has 0 atom stereocenters. The highest BCUT2D eigenvalue weighted by Crippen LogP contribution is 2.30. The number of ether oxygens (including phenoxy) is 2. The van der Waals surface area contributed by atoms with Crippen molar-refractivity contribution in [3.05, 3.63) is 48.0 Å². The summed E-state index contributed by atoms with van der Waals surface area (Å²) in [4.78, 5) is 11.3. The largest absolute Gasteiger partial charge is 0.490 e. The molecule has 0 aromatic heterocycles. The van der Waals surface area contributed by atoms with Gasteiger partial charge in [-0.25, -0.2) is 4.79 Å². The van der Waals surface area contributed by atoms with Crippen molar-refractivity contribution in [3.63, 3.8) is 0 Å². The van der Waals surface area contributed by atoms with Crippen LogP contribution in [-0.2, 0) is 9.53 Å². The van der Waals surface area contributed by atoms with E-state index in [4.69, 9.17) is 4.74 Å². The molecule has 0 saturated heterocycles. The average Bonchev–Trinajstić information content (AvgIpc) is 2.45. The van der Waals surface area contributed by atoms with Gasteiger partial charge in [-0.1, -0.05) is 30.3 Å². The smallest absolute Gasteiger partial charge is 0.330 e. The second-order valence-corrected chi connectivity index (χ2v) is 4.72. The Balaban J connectivity index is 2.55. The molecule has 0 aliphatic rings. The van der Waals surface area contributed by atoms with Crippen molar-refractivity contribution in [1.29, 1.82) is 0 Å². The fourth-order valence-electron chi connectivity index (χ4n) is 2.02. The maximum Gasteiger partial charge on any atom is 0.330 e. The summed E-state index contributed by atoms with van der Waals surface area (Å²) in [5.74, 6) is 0.382. The highest BCUT2D eigenvalue weighted by Gasteiger charge is 2.08. The zero-order valence-corrected chi connectivity index (χ0v) is 11.9. The number of benzene rings is 2. The monoisotopic (exact) mass is 270 g/mol. The number of methoxy groups -OCH3 is 1. The average molecular weight is 270 g/mol. The molecule has 0 spiro atoms. The summed E-state index contributed by atoms with van der Waals surface area (Å²) < 4.78 is 10.5. The quantitative estimate of drug-likeness (QED) is 0.626. The van der Waals surface area contributed by atoms with E-state index in [1.165, 1.54) is 13.2 Å². The van der Waals surface area contributed by atoms with Crippen molar-refractivity contribution < 1.29 is 14.3 Å². The van der Waals surface area contributed by atoms with Gasteiger partial charge in [0.25, 0.3) is 0 Å². The Kier molecular flexibility index (Phi) is 4.41. The molecule has 0 radical (unpaired) electrons. The molecule has 0 bridgehead atoms. The van der Waals surface area contributed by atoms with Gasteiger partial charge in [0.2, 0.25) is 0 Å². The lowest BCUT2D eigenvalue weighted by Gasteiger charge is -2.14. The number of hydrogen-bond acceptors (Lipinski definition) is 3. The molecule has 0 unspecified atom stereocenters. The number of esters is 1. The molecular formula is C17H18O3. The molecule has 3 nitrogen and oxygen atoms in total. The number of carbonyl (C=O) groups is 1. The third-order valence-electron chi connectivity index (χ3n) is 2.88. The molecule has 2 aromatic rings. The Bertz CT molecular complexity index is 642. The standard InChI is InChI=1S/C17H18O3/c1-12(2)20-16-10-8-13-6-4-5-7-14(13)15(16)9-11-17(18)19-3/h4-12H,1-3H3/b11-9+. The van der Waals surface area contributed by atoms with Crippen molar-refractivity contribution in [1.82, 2.24) is 0 Å². The van der Waals surface area contributed by atoms with E-state index in [0.717, 1.165) is 22.1 Å². The molecule has 20 heavy (non-hydrogen) atoms. The summed E-state index contributed by atoms with van der Waals surface area (Å²) in [7, 11) is 1.36. The van der Waals surface area contributed by atoms with Gasteiger partial charge in [-0.3, -0.25) is 0 Å². The maximum atomic E-state index is 11.3. The van der Waals surface area contributed by atoms with Gasteiger partial charge in [0.05, 0.1) is 13.2 Å². The minimum Gasteiger partial charge on any atom is -0.490 e. The van der Waals surface area contributed by atoms with Gasteiger partial charge >= 0.3 is 5.97 Å². The zero-order valence-electron chi connectivity index (χ0n) is 11.9. The van der Waals surface area contributed by atoms with Crippen LogP contribution in [0.25, 0.3) is 16.8 Å². The van der Waals surface area contributed by atoms with Crippen LogP contribution in [0.4, 0.5) is 0 Å². The van der Waals surface area contributed by atoms with E-state index >= 15 is 0 Å². The molecule has 3 heteroatoms. The molecule has 2 aromatic carbocycles. The van der Waals surface area contributed by atoms with Gasteiger partial charge in [-0.2, -0.15) is 0 Å². The van der Waals surface area contributed by atoms with Crippen LogP contribution in [0, 0.1) is 0 Å². The van der Waals surface area contributed by atoms with Gasteiger partial charge in [0, 0.05) is 11.6 Å². The second-order valence-electron chi connectivity index (χ2n) is 4.72. The third kappa shape index (κ3) is 3.18. The molecule has 0 fully saturated rings. The Morgan fingerprint density at radius 3 is 2.60 bits per heavy atom. The Labute approximate surface area is 118 Å². The van der Waals surface area contributed by atoms with E-state index in [9.17, 15) is 4.79 Å². The lowest BCUT2D eigenvalue weighted by molar-refractivity contribution is -0.134. The number of hydrogen-bond donors (Lipinski definition) is 0. The van der Waals surface area contributed by atoms with Crippen molar-refractivity contribution in [2.24, 2.45) is 0 Å². The van der Waals surface area contributed by atoms with Crippen LogP contribution in [0.5, 0.6) is 5.75 Å². The highest BCUT2D eigenvalue weighted by atomic mass is 16.5. The SMILES string of the molecule is COC(=O)/C=C/c1c(OC(C)C)ccc2ccccc12. The van der Waals surface area contributed by atoms with Crippen molar-refractivity contribution in [2.75, 3.05) is 7.11 Å². The topological polar surface area (TPSA) is 35.5 Å².